The second-order valence-corrected chi connectivity index (χ2v) is 3.82. The van der Waals surface area contributed by atoms with Crippen molar-refractivity contribution in [2.75, 3.05) is 19.3 Å². The Morgan fingerprint density at radius 1 is 1.88 bits per heavy atom. The summed E-state index contributed by atoms with van der Waals surface area (Å²) in [7, 11) is -0.466. The average Bonchev–Trinajstić information content (AvgIpc) is 1.59. The third-order valence-corrected chi connectivity index (χ3v) is 1.59. The lowest BCUT2D eigenvalue weighted by atomic mass is 10.8. The lowest BCUT2D eigenvalue weighted by molar-refractivity contribution is 0.679. The first-order valence-corrected chi connectivity index (χ1v) is 4.29. The van der Waals surface area contributed by atoms with E-state index in [9.17, 15) is 4.21 Å². The molecule has 0 rings (SSSR count). The van der Waals surface area contributed by atoms with Crippen LogP contribution in [0.4, 0.5) is 0 Å². The van der Waals surface area contributed by atoms with Gasteiger partial charge in [0.1, 0.15) is 0 Å². The van der Waals surface area contributed by atoms with Crippen molar-refractivity contribution in [3.8, 4) is 0 Å². The highest BCUT2D eigenvalue weighted by atomic mass is 32.2. The molecule has 50 valence electrons. The normalized spacial score (nSPS) is 17.8. The summed E-state index contributed by atoms with van der Waals surface area (Å²) in [6.45, 7) is 0.666. The Morgan fingerprint density at radius 2 is 2.38 bits per heavy atom. The van der Waals surface area contributed by atoms with E-state index < -0.39 is 9.71 Å². The molecule has 0 aromatic heterocycles. The van der Waals surface area contributed by atoms with E-state index in [0.29, 0.717) is 12.3 Å². The summed E-state index contributed by atoms with van der Waals surface area (Å²) in [5.74, 6) is 3.72. The molecule has 0 aliphatic rings. The van der Waals surface area contributed by atoms with Gasteiger partial charge in [-0.3, -0.25) is 9.35 Å². The highest BCUT2D eigenvalue weighted by Crippen LogP contribution is 1.71. The van der Waals surface area contributed by atoms with E-state index in [1.165, 1.54) is 0 Å². The van der Waals surface area contributed by atoms with Crippen molar-refractivity contribution in [2.45, 2.75) is 0 Å². The highest BCUT2D eigenvalue weighted by Gasteiger charge is 1.90. The molecule has 0 aromatic carbocycles. The molecule has 3 nitrogen and oxygen atoms in total. The van der Waals surface area contributed by atoms with E-state index in [2.05, 4.69) is 11.2 Å². The molecule has 0 radical (unpaired) electrons. The third kappa shape index (κ3) is 5.94. The Bertz CT molecular complexity index is 138. The van der Waals surface area contributed by atoms with Gasteiger partial charge in [-0.2, -0.15) is 0 Å². The fraction of sp³-hybridized carbons (Fsp3) is 0.750. The van der Waals surface area contributed by atoms with E-state index >= 15 is 0 Å². The second kappa shape index (κ2) is 3.06. The number of hydrogen-bond acceptors (Lipinski definition) is 2. The second-order valence-electron chi connectivity index (χ2n) is 1.68. The number of nitrogens with one attached hydrogen (secondary N) is 1. The van der Waals surface area contributed by atoms with Gasteiger partial charge in [-0.15, -0.1) is 0 Å². The molecule has 3 N–H and O–H groups in total. The lowest BCUT2D eigenvalue weighted by Gasteiger charge is -1.98. The zero-order valence-electron chi connectivity index (χ0n) is 5.02. The van der Waals surface area contributed by atoms with Gasteiger partial charge in [0.2, 0.25) is 0 Å². The van der Waals surface area contributed by atoms with Crippen LogP contribution in [0.1, 0.15) is 0 Å². The minimum Gasteiger partial charge on any atom is -0.319 e. The fourth-order valence-corrected chi connectivity index (χ4v) is 0.824. The molecule has 0 fully saturated rings. The zero-order chi connectivity index (χ0) is 6.62. The minimum absolute atomic E-state index is 0.448. The quantitative estimate of drug-likeness (QED) is 0.479. The molecule has 0 aromatic rings. The van der Waals surface area contributed by atoms with Crippen LogP contribution in [0.25, 0.3) is 0 Å². The molecule has 1 unspecified atom stereocenters. The van der Waals surface area contributed by atoms with Crippen LogP contribution >= 0.6 is 0 Å². The maximum atomic E-state index is 10.6. The summed E-state index contributed by atoms with van der Waals surface area (Å²) in [5, 5.41) is 7.92. The van der Waals surface area contributed by atoms with Gasteiger partial charge in [-0.05, 0) is 12.9 Å². The fourth-order valence-electron chi connectivity index (χ4n) is 0.275. The summed E-state index contributed by atoms with van der Waals surface area (Å²) in [5.41, 5.74) is 0. The van der Waals surface area contributed by atoms with Gasteiger partial charge in [0.15, 0.2) is 0 Å². The number of rotatable bonds is 3. The predicted molar refractivity (Wildman–Crippen MR) is 38.2 cm³/mol. The van der Waals surface area contributed by atoms with Crippen molar-refractivity contribution in [2.24, 2.45) is 5.14 Å². The zero-order valence-corrected chi connectivity index (χ0v) is 5.83. The van der Waals surface area contributed by atoms with Crippen LogP contribution in [0.5, 0.6) is 0 Å². The molecule has 0 saturated carbocycles. The topological polar surface area (TPSA) is 55.1 Å². The van der Waals surface area contributed by atoms with E-state index in [4.69, 9.17) is 5.14 Å². The average molecular weight is 136 g/mol. The maximum absolute atomic E-state index is 10.6. The van der Waals surface area contributed by atoms with Gasteiger partial charge in [0.25, 0.3) is 0 Å². The maximum Gasteiger partial charge on any atom is 0.0412 e. The Morgan fingerprint density at radius 3 is 2.50 bits per heavy atom. The summed E-state index contributed by atoms with van der Waals surface area (Å²) in [6.07, 6.45) is 0. The molecule has 0 bridgehead atoms. The first-order valence-electron chi connectivity index (χ1n) is 2.33. The summed E-state index contributed by atoms with van der Waals surface area (Å²) in [6, 6.07) is 0. The van der Waals surface area contributed by atoms with E-state index in [0.717, 1.165) is 0 Å². The molecular weight excluding hydrogens is 124 g/mol. The van der Waals surface area contributed by atoms with Gasteiger partial charge in [-0.25, -0.2) is 0 Å². The van der Waals surface area contributed by atoms with Crippen LogP contribution < -0.4 is 10.5 Å². The van der Waals surface area contributed by atoms with Crippen molar-refractivity contribution >= 4 is 15.6 Å². The highest BCUT2D eigenvalue weighted by molar-refractivity contribution is 7.98. The molecule has 0 aliphatic carbocycles. The van der Waals surface area contributed by atoms with Crippen molar-refractivity contribution in [1.82, 2.24) is 5.32 Å². The van der Waals surface area contributed by atoms with Gasteiger partial charge in [-0.1, -0.05) is 0 Å². The summed E-state index contributed by atoms with van der Waals surface area (Å²) < 4.78 is 10.6. The lowest BCUT2D eigenvalue weighted by Crippen LogP contribution is -2.24. The molecular formula is C4H12N2OS. The Labute approximate surface area is 50.4 Å². The molecule has 0 aliphatic heterocycles. The SMILES string of the molecule is C=S(N)(=O)CCNC. The first-order chi connectivity index (χ1) is 3.56. The van der Waals surface area contributed by atoms with Gasteiger partial charge in [0, 0.05) is 22.0 Å². The molecule has 1 atom stereocenters. The van der Waals surface area contributed by atoms with E-state index in [-0.39, 0.29) is 0 Å². The Hall–Kier alpha value is -0.0600. The largest absolute Gasteiger partial charge is 0.319 e. The van der Waals surface area contributed by atoms with Crippen molar-refractivity contribution in [3.05, 3.63) is 0 Å². The number of nitrogens with two attached hydrogens (primary N) is 1. The van der Waals surface area contributed by atoms with Crippen LogP contribution in [0, 0.1) is 0 Å². The smallest absolute Gasteiger partial charge is 0.0412 e. The van der Waals surface area contributed by atoms with Crippen LogP contribution in [-0.4, -0.2) is 29.4 Å². The molecule has 4 heteroatoms. The summed E-state index contributed by atoms with van der Waals surface area (Å²) in [4.78, 5) is 0. The van der Waals surface area contributed by atoms with Gasteiger partial charge >= 0.3 is 0 Å². The van der Waals surface area contributed by atoms with Crippen molar-refractivity contribution in [1.29, 1.82) is 0 Å². The summed E-state index contributed by atoms with van der Waals surface area (Å²) >= 11 is 0. The minimum atomic E-state index is -2.25. The van der Waals surface area contributed by atoms with Gasteiger partial charge < -0.3 is 5.32 Å². The predicted octanol–water partition coefficient (Wildman–Crippen LogP) is -1.20. The van der Waals surface area contributed by atoms with Gasteiger partial charge in [0.05, 0.1) is 0 Å². The Kier molecular flexibility index (Phi) is 3.04. The van der Waals surface area contributed by atoms with Crippen molar-refractivity contribution < 1.29 is 4.21 Å². The van der Waals surface area contributed by atoms with Crippen LogP contribution in [-0.2, 0) is 9.71 Å². The third-order valence-electron chi connectivity index (χ3n) is 0.698. The monoisotopic (exact) mass is 136 g/mol. The number of hydrogen-bond donors (Lipinski definition) is 2. The van der Waals surface area contributed by atoms with E-state index in [1.807, 2.05) is 0 Å². The Balaban J connectivity index is 3.42. The van der Waals surface area contributed by atoms with E-state index in [1.54, 1.807) is 7.05 Å². The first kappa shape index (κ1) is 7.94. The standard InChI is InChI=1S/C4H12N2OS/c1-6-3-4-8(2,5)7/h6H,2-4H2,1H3,(H2,5,7). The molecule has 0 saturated heterocycles. The van der Waals surface area contributed by atoms with Crippen LogP contribution in [0.2, 0.25) is 0 Å². The molecule has 0 amide bonds. The molecule has 8 heavy (non-hydrogen) atoms. The van der Waals surface area contributed by atoms with Crippen LogP contribution in [0.3, 0.4) is 0 Å². The molecule has 0 spiro atoms. The van der Waals surface area contributed by atoms with Crippen molar-refractivity contribution in [3.63, 3.8) is 0 Å². The van der Waals surface area contributed by atoms with Crippen LogP contribution in [0.15, 0.2) is 0 Å². The molecule has 0 heterocycles.